The van der Waals surface area contributed by atoms with Gasteiger partial charge in [0.15, 0.2) is 5.78 Å². The van der Waals surface area contributed by atoms with E-state index in [0.29, 0.717) is 28.5 Å². The number of tetrazole rings is 1. The average molecular weight is 440 g/mol. The molecule has 0 radical (unpaired) electrons. The number of ketones is 1. The van der Waals surface area contributed by atoms with Crippen molar-refractivity contribution < 1.29 is 19.1 Å². The Kier molecular flexibility index (Phi) is 5.68. The first-order valence-electron chi connectivity index (χ1n) is 9.44. The molecule has 1 aliphatic rings. The molecule has 0 amide bonds. The first kappa shape index (κ1) is 20.5. The molecule has 0 unspecified atom stereocenters. The van der Waals surface area contributed by atoms with Crippen molar-refractivity contribution in [1.82, 2.24) is 20.2 Å². The van der Waals surface area contributed by atoms with Gasteiger partial charge in [0, 0.05) is 10.6 Å². The van der Waals surface area contributed by atoms with Crippen LogP contribution in [0.25, 0.3) is 0 Å². The fourth-order valence-electron chi connectivity index (χ4n) is 3.37. The predicted octanol–water partition coefficient (Wildman–Crippen LogP) is 3.05. The number of anilines is 1. The second-order valence-corrected chi connectivity index (χ2v) is 7.03. The normalized spacial score (nSPS) is 15.1. The van der Waals surface area contributed by atoms with E-state index in [1.165, 1.54) is 11.8 Å². The molecule has 0 fully saturated rings. The summed E-state index contributed by atoms with van der Waals surface area (Å²) in [6.45, 7) is 2.39. The standard InChI is InChI=1S/C21H18ClN5O4/c1-3-31-15-10-6-13(7-11-15)19(28)16-17(20(29)30-2)23-21-24-25-26-27(21)18(16)12-4-8-14(22)9-5-12/h4-11,18H,3H2,1-2H3,(H,23,24,26)/t18-/m1/s1. The number of nitrogens with one attached hydrogen (secondary N) is 1. The van der Waals surface area contributed by atoms with Gasteiger partial charge in [0.1, 0.15) is 17.5 Å². The highest BCUT2D eigenvalue weighted by atomic mass is 35.5. The van der Waals surface area contributed by atoms with Gasteiger partial charge in [-0.1, -0.05) is 28.8 Å². The van der Waals surface area contributed by atoms with Crippen molar-refractivity contribution in [3.63, 3.8) is 0 Å². The Labute approximate surface area is 182 Å². The van der Waals surface area contributed by atoms with Crippen LogP contribution in [0, 0.1) is 0 Å². The molecule has 0 aliphatic carbocycles. The number of halogens is 1. The van der Waals surface area contributed by atoms with Crippen LogP contribution in [0.1, 0.15) is 28.9 Å². The number of fused-ring (bicyclic) bond motifs is 1. The van der Waals surface area contributed by atoms with Crippen molar-refractivity contribution in [1.29, 1.82) is 0 Å². The minimum Gasteiger partial charge on any atom is -0.494 e. The molecule has 158 valence electrons. The van der Waals surface area contributed by atoms with E-state index >= 15 is 0 Å². The van der Waals surface area contributed by atoms with Crippen LogP contribution >= 0.6 is 11.6 Å². The van der Waals surface area contributed by atoms with Gasteiger partial charge in [-0.2, -0.15) is 4.68 Å². The molecule has 1 aromatic heterocycles. The molecule has 1 N–H and O–H groups in total. The van der Waals surface area contributed by atoms with Crippen LogP contribution < -0.4 is 10.1 Å². The first-order chi connectivity index (χ1) is 15.0. The van der Waals surface area contributed by atoms with Gasteiger partial charge in [0.05, 0.1) is 19.3 Å². The van der Waals surface area contributed by atoms with Gasteiger partial charge in [0.25, 0.3) is 0 Å². The number of rotatable bonds is 6. The quantitative estimate of drug-likeness (QED) is 0.461. The van der Waals surface area contributed by atoms with Crippen LogP contribution in [0.4, 0.5) is 5.95 Å². The van der Waals surface area contributed by atoms with Gasteiger partial charge < -0.3 is 14.8 Å². The number of benzene rings is 2. The third-order valence-corrected chi connectivity index (χ3v) is 5.02. The molecule has 1 aliphatic heterocycles. The van der Waals surface area contributed by atoms with Crippen molar-refractivity contribution in [2.75, 3.05) is 19.0 Å². The summed E-state index contributed by atoms with van der Waals surface area (Å²) in [6.07, 6.45) is 0. The van der Waals surface area contributed by atoms with Crippen LogP contribution in [0.2, 0.25) is 5.02 Å². The maximum Gasteiger partial charge on any atom is 0.355 e. The largest absolute Gasteiger partial charge is 0.494 e. The zero-order valence-corrected chi connectivity index (χ0v) is 17.5. The van der Waals surface area contributed by atoms with Gasteiger partial charge in [-0.15, -0.1) is 0 Å². The minimum atomic E-state index is -0.767. The van der Waals surface area contributed by atoms with Crippen LogP contribution in [0.3, 0.4) is 0 Å². The Morgan fingerprint density at radius 1 is 1.13 bits per heavy atom. The van der Waals surface area contributed by atoms with Crippen LogP contribution in [0.5, 0.6) is 5.75 Å². The van der Waals surface area contributed by atoms with E-state index in [9.17, 15) is 9.59 Å². The summed E-state index contributed by atoms with van der Waals surface area (Å²) >= 11 is 6.04. The van der Waals surface area contributed by atoms with E-state index in [1.54, 1.807) is 48.5 Å². The Hall–Kier alpha value is -3.72. The number of carbonyl (C=O) groups excluding carboxylic acids is 2. The highest BCUT2D eigenvalue weighted by Gasteiger charge is 2.38. The summed E-state index contributed by atoms with van der Waals surface area (Å²) in [5, 5.41) is 15.0. The molecule has 0 saturated heterocycles. The molecule has 0 spiro atoms. The maximum atomic E-state index is 13.6. The number of aromatic nitrogens is 4. The monoisotopic (exact) mass is 439 g/mol. The second-order valence-electron chi connectivity index (χ2n) is 6.59. The van der Waals surface area contributed by atoms with E-state index in [0.717, 1.165) is 0 Å². The molecule has 0 bridgehead atoms. The molecular formula is C21H18ClN5O4. The molecule has 9 nitrogen and oxygen atoms in total. The topological polar surface area (TPSA) is 108 Å². The highest BCUT2D eigenvalue weighted by Crippen LogP contribution is 2.37. The molecular weight excluding hydrogens is 422 g/mol. The van der Waals surface area contributed by atoms with Crippen molar-refractivity contribution in [2.45, 2.75) is 13.0 Å². The fraction of sp³-hybridized carbons (Fsp3) is 0.190. The Morgan fingerprint density at radius 2 is 1.84 bits per heavy atom. The van der Waals surface area contributed by atoms with Crippen molar-refractivity contribution >= 4 is 29.3 Å². The Bertz CT molecular complexity index is 1160. The van der Waals surface area contributed by atoms with Gasteiger partial charge in [-0.25, -0.2) is 4.79 Å². The van der Waals surface area contributed by atoms with E-state index in [1.807, 2.05) is 6.92 Å². The lowest BCUT2D eigenvalue weighted by Gasteiger charge is -2.28. The lowest BCUT2D eigenvalue weighted by Crippen LogP contribution is -2.32. The van der Waals surface area contributed by atoms with E-state index in [2.05, 4.69) is 20.8 Å². The van der Waals surface area contributed by atoms with E-state index in [-0.39, 0.29) is 23.0 Å². The third-order valence-electron chi connectivity index (χ3n) is 4.76. The van der Waals surface area contributed by atoms with Gasteiger partial charge >= 0.3 is 5.97 Å². The maximum absolute atomic E-state index is 13.6. The van der Waals surface area contributed by atoms with Crippen LogP contribution in [0.15, 0.2) is 59.8 Å². The van der Waals surface area contributed by atoms with Crippen LogP contribution in [-0.2, 0) is 9.53 Å². The molecule has 10 heteroatoms. The number of methoxy groups -OCH3 is 1. The number of hydrogen-bond acceptors (Lipinski definition) is 8. The molecule has 0 saturated carbocycles. The summed E-state index contributed by atoms with van der Waals surface area (Å²) in [6, 6.07) is 12.8. The third kappa shape index (κ3) is 3.87. The lowest BCUT2D eigenvalue weighted by molar-refractivity contribution is -0.136. The SMILES string of the molecule is CCOc1ccc(C(=O)C2=C(C(=O)OC)Nc3nnnn3[C@@H]2c2ccc(Cl)cc2)cc1. The predicted molar refractivity (Wildman–Crippen MR) is 112 cm³/mol. The number of allylic oxidation sites excluding steroid dienone is 1. The van der Waals surface area contributed by atoms with Crippen LogP contribution in [-0.4, -0.2) is 45.7 Å². The highest BCUT2D eigenvalue weighted by molar-refractivity contribution is 6.30. The van der Waals surface area contributed by atoms with E-state index < -0.39 is 12.0 Å². The average Bonchev–Trinajstić information content (AvgIpc) is 3.26. The summed E-state index contributed by atoms with van der Waals surface area (Å²) < 4.78 is 11.8. The first-order valence-corrected chi connectivity index (χ1v) is 9.81. The number of ether oxygens (including phenoxy) is 2. The number of carbonyl (C=O) groups is 2. The molecule has 2 aromatic carbocycles. The lowest BCUT2D eigenvalue weighted by atomic mass is 9.89. The Morgan fingerprint density at radius 3 is 2.48 bits per heavy atom. The number of hydrogen-bond donors (Lipinski definition) is 1. The van der Waals surface area contributed by atoms with Crippen molar-refractivity contribution in [2.24, 2.45) is 0 Å². The molecule has 3 aromatic rings. The van der Waals surface area contributed by atoms with Crippen molar-refractivity contribution in [3.8, 4) is 5.75 Å². The zero-order chi connectivity index (χ0) is 22.0. The fourth-order valence-corrected chi connectivity index (χ4v) is 3.49. The smallest absolute Gasteiger partial charge is 0.355 e. The van der Waals surface area contributed by atoms with Gasteiger partial charge in [-0.3, -0.25) is 4.79 Å². The van der Waals surface area contributed by atoms with Crippen molar-refractivity contribution in [3.05, 3.63) is 76.0 Å². The Balaban J connectivity index is 1.87. The summed E-state index contributed by atoms with van der Waals surface area (Å²) in [4.78, 5) is 26.2. The van der Waals surface area contributed by atoms with Gasteiger partial charge in [-0.05, 0) is 59.3 Å². The number of esters is 1. The molecule has 31 heavy (non-hydrogen) atoms. The summed E-state index contributed by atoms with van der Waals surface area (Å²) in [5.41, 5.74) is 1.18. The van der Waals surface area contributed by atoms with Gasteiger partial charge in [0.2, 0.25) is 5.95 Å². The molecule has 4 rings (SSSR count). The number of Topliss-reactive ketones (excluding diaryl/α,β-unsaturated/α-hetero) is 1. The van der Waals surface area contributed by atoms with E-state index in [4.69, 9.17) is 21.1 Å². The summed E-state index contributed by atoms with van der Waals surface area (Å²) in [7, 11) is 1.24. The summed E-state index contributed by atoms with van der Waals surface area (Å²) in [5.74, 6) is -0.233. The second kappa shape index (κ2) is 8.57. The molecule has 2 heterocycles. The minimum absolute atomic E-state index is 0.0244. The zero-order valence-electron chi connectivity index (χ0n) is 16.7. The number of nitrogens with zero attached hydrogens (tertiary/aromatic N) is 4. The molecule has 1 atom stereocenters.